The highest BCUT2D eigenvalue weighted by Gasteiger charge is 2.36. The van der Waals surface area contributed by atoms with Gasteiger partial charge in [0.15, 0.2) is 11.9 Å². The first-order chi connectivity index (χ1) is 11.5. The highest BCUT2D eigenvalue weighted by atomic mass is 16.6. The molecular weight excluding hydrogens is 312 g/mol. The molecule has 3 rings (SSSR count). The van der Waals surface area contributed by atoms with Crippen LogP contribution in [0.15, 0.2) is 36.4 Å². The molecule has 8 heteroatoms. The van der Waals surface area contributed by atoms with Gasteiger partial charge >= 0.3 is 5.82 Å². The van der Waals surface area contributed by atoms with E-state index in [1.807, 2.05) is 6.07 Å². The number of hydrogen-bond donors (Lipinski definition) is 0. The normalized spacial score (nSPS) is 16.1. The Bertz CT molecular complexity index is 875. The van der Waals surface area contributed by atoms with Gasteiger partial charge in [0, 0.05) is 6.07 Å². The van der Waals surface area contributed by atoms with E-state index in [9.17, 15) is 14.9 Å². The van der Waals surface area contributed by atoms with E-state index in [4.69, 9.17) is 10.00 Å². The molecule has 1 aliphatic heterocycles. The predicted molar refractivity (Wildman–Crippen MR) is 83.3 cm³/mol. The average molecular weight is 324 g/mol. The summed E-state index contributed by atoms with van der Waals surface area (Å²) >= 11 is 0. The van der Waals surface area contributed by atoms with E-state index in [0.717, 1.165) is 5.56 Å². The fraction of sp³-hybridized carbons (Fsp3) is 0.188. The van der Waals surface area contributed by atoms with Crippen molar-refractivity contribution in [3.63, 3.8) is 0 Å². The van der Waals surface area contributed by atoms with Crippen molar-refractivity contribution in [2.75, 3.05) is 4.90 Å². The first-order valence-corrected chi connectivity index (χ1v) is 7.12. The lowest BCUT2D eigenvalue weighted by molar-refractivity contribution is -0.389. The molecule has 0 N–H and O–H groups in total. The number of hydrogen-bond acceptors (Lipinski definition) is 6. The van der Waals surface area contributed by atoms with Crippen molar-refractivity contribution < 1.29 is 14.5 Å². The largest absolute Gasteiger partial charge is 0.475 e. The van der Waals surface area contributed by atoms with E-state index >= 15 is 0 Å². The summed E-state index contributed by atoms with van der Waals surface area (Å²) in [6.07, 6.45) is -0.722. The molecule has 0 radical (unpaired) electrons. The molecule has 120 valence electrons. The summed E-state index contributed by atoms with van der Waals surface area (Å²) < 4.78 is 5.46. The van der Waals surface area contributed by atoms with Crippen LogP contribution < -0.4 is 9.64 Å². The number of ether oxygens (including phenoxy) is 1. The highest BCUT2D eigenvalue weighted by molar-refractivity contribution is 5.98. The fourth-order valence-electron chi connectivity index (χ4n) is 2.45. The van der Waals surface area contributed by atoms with Gasteiger partial charge in [0.05, 0.1) is 18.2 Å². The molecule has 2 heterocycles. The second-order valence-corrected chi connectivity index (χ2v) is 5.24. The number of nitrogens with zero attached hydrogens (tertiary/aromatic N) is 4. The van der Waals surface area contributed by atoms with Crippen molar-refractivity contribution >= 4 is 17.5 Å². The van der Waals surface area contributed by atoms with Crippen LogP contribution in [0.4, 0.5) is 11.6 Å². The SMILES string of the molecule is CC1Oc2ccc([N+](=O)[O-])nc2N(Cc2cccc(C#N)c2)C1=O. The molecule has 0 fully saturated rings. The summed E-state index contributed by atoms with van der Waals surface area (Å²) in [4.78, 5) is 28.0. The molecule has 0 spiro atoms. The Kier molecular flexibility index (Phi) is 3.83. The number of fused-ring (bicyclic) bond motifs is 1. The number of rotatable bonds is 3. The number of carbonyl (C=O) groups is 1. The van der Waals surface area contributed by atoms with Crippen LogP contribution in [0.3, 0.4) is 0 Å². The molecule has 1 aromatic carbocycles. The first-order valence-electron chi connectivity index (χ1n) is 7.12. The lowest BCUT2D eigenvalue weighted by Crippen LogP contribution is -2.44. The smallest absolute Gasteiger partial charge is 0.366 e. The van der Waals surface area contributed by atoms with E-state index in [1.54, 1.807) is 31.2 Å². The molecule has 1 atom stereocenters. The van der Waals surface area contributed by atoms with Crippen molar-refractivity contribution in [2.45, 2.75) is 19.6 Å². The molecule has 0 aliphatic carbocycles. The molecule has 8 nitrogen and oxygen atoms in total. The molecule has 1 amide bonds. The monoisotopic (exact) mass is 324 g/mol. The van der Waals surface area contributed by atoms with Crippen LogP contribution in [-0.4, -0.2) is 21.9 Å². The Morgan fingerprint density at radius 2 is 2.21 bits per heavy atom. The molecule has 1 aliphatic rings. The van der Waals surface area contributed by atoms with Gasteiger partial charge in [-0.3, -0.25) is 9.69 Å². The maximum Gasteiger partial charge on any atom is 0.366 e. The molecule has 2 aromatic rings. The summed E-state index contributed by atoms with van der Waals surface area (Å²) in [6.45, 7) is 1.74. The lowest BCUT2D eigenvalue weighted by Gasteiger charge is -2.29. The summed E-state index contributed by atoms with van der Waals surface area (Å²) in [5.74, 6) is -0.299. The van der Waals surface area contributed by atoms with Crippen molar-refractivity contribution in [2.24, 2.45) is 0 Å². The molecule has 0 bridgehead atoms. The third kappa shape index (κ3) is 2.75. The van der Waals surface area contributed by atoms with E-state index in [2.05, 4.69) is 4.98 Å². The van der Waals surface area contributed by atoms with Crippen LogP contribution in [0.25, 0.3) is 0 Å². The van der Waals surface area contributed by atoms with Crippen LogP contribution in [0.2, 0.25) is 0 Å². The van der Waals surface area contributed by atoms with Gasteiger partial charge in [0.2, 0.25) is 0 Å². The Hall–Kier alpha value is -3.47. The molecule has 0 saturated heterocycles. The van der Waals surface area contributed by atoms with Gasteiger partial charge in [-0.2, -0.15) is 5.26 Å². The topological polar surface area (TPSA) is 109 Å². The van der Waals surface area contributed by atoms with Crippen LogP contribution in [0, 0.1) is 21.4 Å². The summed E-state index contributed by atoms with van der Waals surface area (Å²) in [7, 11) is 0. The van der Waals surface area contributed by atoms with Crippen LogP contribution >= 0.6 is 0 Å². The third-order valence-electron chi connectivity index (χ3n) is 3.58. The number of amides is 1. The van der Waals surface area contributed by atoms with Crippen molar-refractivity contribution in [1.29, 1.82) is 5.26 Å². The van der Waals surface area contributed by atoms with Crippen molar-refractivity contribution in [1.82, 2.24) is 4.98 Å². The average Bonchev–Trinajstić information content (AvgIpc) is 2.58. The number of anilines is 1. The minimum absolute atomic E-state index is 0.106. The number of aromatic nitrogens is 1. The first kappa shape index (κ1) is 15.4. The van der Waals surface area contributed by atoms with Gasteiger partial charge in [-0.25, -0.2) is 0 Å². The number of carbonyl (C=O) groups excluding carboxylic acids is 1. The quantitative estimate of drug-likeness (QED) is 0.632. The Morgan fingerprint density at radius 3 is 2.92 bits per heavy atom. The molecule has 1 aromatic heterocycles. The van der Waals surface area contributed by atoms with E-state index in [1.165, 1.54) is 17.0 Å². The highest BCUT2D eigenvalue weighted by Crippen LogP contribution is 2.34. The van der Waals surface area contributed by atoms with Crippen LogP contribution in [0.1, 0.15) is 18.1 Å². The summed E-state index contributed by atoms with van der Waals surface area (Å²) in [5, 5.41) is 19.9. The van der Waals surface area contributed by atoms with Gasteiger partial charge < -0.3 is 14.9 Å². The number of nitriles is 1. The standard InChI is InChI=1S/C16H12N4O4/c1-10-16(21)19(9-12-4-2-3-11(7-12)8-17)15-13(24-10)5-6-14(18-15)20(22)23/h2-7,10H,9H2,1H3. The maximum absolute atomic E-state index is 12.5. The third-order valence-corrected chi connectivity index (χ3v) is 3.58. The second kappa shape index (κ2) is 5.96. The molecule has 1 unspecified atom stereocenters. The Labute approximate surface area is 137 Å². The maximum atomic E-state index is 12.5. The second-order valence-electron chi connectivity index (χ2n) is 5.24. The lowest BCUT2D eigenvalue weighted by atomic mass is 10.1. The van der Waals surface area contributed by atoms with E-state index in [0.29, 0.717) is 11.3 Å². The minimum Gasteiger partial charge on any atom is -0.475 e. The van der Waals surface area contributed by atoms with Crippen molar-refractivity contribution in [3.8, 4) is 11.8 Å². The zero-order valence-electron chi connectivity index (χ0n) is 12.7. The van der Waals surface area contributed by atoms with Gasteiger partial charge in [0.1, 0.15) is 0 Å². The Balaban J connectivity index is 2.03. The number of nitro groups is 1. The summed E-state index contributed by atoms with van der Waals surface area (Å²) in [5.41, 5.74) is 1.18. The van der Waals surface area contributed by atoms with Crippen LogP contribution in [0.5, 0.6) is 5.75 Å². The van der Waals surface area contributed by atoms with Crippen LogP contribution in [-0.2, 0) is 11.3 Å². The molecule has 0 saturated carbocycles. The molecule has 24 heavy (non-hydrogen) atoms. The number of pyridine rings is 1. The fourth-order valence-corrected chi connectivity index (χ4v) is 2.45. The van der Waals surface area contributed by atoms with Gasteiger partial charge in [-0.1, -0.05) is 12.1 Å². The predicted octanol–water partition coefficient (Wildman–Crippen LogP) is 2.18. The zero-order valence-corrected chi connectivity index (χ0v) is 12.7. The van der Waals surface area contributed by atoms with Gasteiger partial charge in [-0.15, -0.1) is 0 Å². The van der Waals surface area contributed by atoms with E-state index in [-0.39, 0.29) is 24.1 Å². The number of benzene rings is 1. The van der Waals surface area contributed by atoms with E-state index < -0.39 is 11.0 Å². The van der Waals surface area contributed by atoms with Gasteiger partial charge in [-0.05, 0) is 40.6 Å². The zero-order chi connectivity index (χ0) is 17.3. The van der Waals surface area contributed by atoms with Crippen molar-refractivity contribution in [3.05, 3.63) is 57.6 Å². The molecular formula is C16H12N4O4. The Morgan fingerprint density at radius 1 is 1.42 bits per heavy atom. The minimum atomic E-state index is -0.722. The van der Waals surface area contributed by atoms with Gasteiger partial charge in [0.25, 0.3) is 11.7 Å². The summed E-state index contributed by atoms with van der Waals surface area (Å²) in [6, 6.07) is 11.5.